The number of aromatic amines is 1. The summed E-state index contributed by atoms with van der Waals surface area (Å²) in [6.45, 7) is 3.30. The van der Waals surface area contributed by atoms with Gasteiger partial charge in [0.15, 0.2) is 11.6 Å². The maximum absolute atomic E-state index is 14.6. The van der Waals surface area contributed by atoms with Crippen LogP contribution in [-0.4, -0.2) is 38.8 Å². The highest BCUT2D eigenvalue weighted by Gasteiger charge is 2.43. The number of pyridine rings is 1. The summed E-state index contributed by atoms with van der Waals surface area (Å²) in [6.07, 6.45) is 8.41. The number of benzene rings is 2. The number of carbonyl (C=O) groups excluding carboxylic acids is 2. The number of carbonyl (C=O) groups is 2. The zero-order valence-electron chi connectivity index (χ0n) is 23.8. The maximum atomic E-state index is 14.6. The first-order valence-electron chi connectivity index (χ1n) is 13.8. The number of ether oxygens (including phenoxy) is 1. The van der Waals surface area contributed by atoms with E-state index in [0.717, 1.165) is 21.0 Å². The summed E-state index contributed by atoms with van der Waals surface area (Å²) in [7, 11) is -4.14. The van der Waals surface area contributed by atoms with Gasteiger partial charge in [-0.1, -0.05) is 29.9 Å². The van der Waals surface area contributed by atoms with Gasteiger partial charge in [-0.3, -0.25) is 19.3 Å². The molecule has 44 heavy (non-hydrogen) atoms. The Balaban J connectivity index is 1.52. The number of hydrogen-bond acceptors (Lipinski definition) is 6. The number of allylic oxidation sites excluding steroid dienone is 3. The van der Waals surface area contributed by atoms with Crippen molar-refractivity contribution in [2.75, 3.05) is 0 Å². The van der Waals surface area contributed by atoms with Crippen molar-refractivity contribution < 1.29 is 31.5 Å². The van der Waals surface area contributed by atoms with E-state index in [0.29, 0.717) is 28.3 Å². The minimum Gasteiger partial charge on any atom is -0.454 e. The van der Waals surface area contributed by atoms with Crippen molar-refractivity contribution in [3.05, 3.63) is 106 Å². The van der Waals surface area contributed by atoms with E-state index in [9.17, 15) is 31.6 Å². The lowest BCUT2D eigenvalue weighted by atomic mass is 9.94. The number of H-pyrrole nitrogens is 1. The fourth-order valence-corrected chi connectivity index (χ4v) is 7.42. The van der Waals surface area contributed by atoms with Crippen LogP contribution < -0.4 is 10.3 Å². The highest BCUT2D eigenvalue weighted by atomic mass is 32.2. The first-order chi connectivity index (χ1) is 20.9. The minimum absolute atomic E-state index is 0.0325. The predicted octanol–water partition coefficient (Wildman–Crippen LogP) is 5.56. The van der Waals surface area contributed by atoms with E-state index in [1.165, 1.54) is 24.5 Å². The fourth-order valence-electron chi connectivity index (χ4n) is 5.56. The molecule has 2 aromatic heterocycles. The highest BCUT2D eigenvalue weighted by Crippen LogP contribution is 2.40. The van der Waals surface area contributed by atoms with Gasteiger partial charge in [0.05, 0.1) is 6.54 Å². The van der Waals surface area contributed by atoms with E-state index < -0.39 is 32.0 Å². The second-order valence-electron chi connectivity index (χ2n) is 11.0. The van der Waals surface area contributed by atoms with Gasteiger partial charge in [-0.05, 0) is 56.2 Å². The smallest absolute Gasteiger partial charge is 0.273 e. The lowest BCUT2D eigenvalue weighted by molar-refractivity contribution is -0.139. The van der Waals surface area contributed by atoms with Gasteiger partial charge in [-0.15, -0.1) is 0 Å². The van der Waals surface area contributed by atoms with Gasteiger partial charge in [-0.25, -0.2) is 21.2 Å². The Bertz CT molecular complexity index is 2080. The summed E-state index contributed by atoms with van der Waals surface area (Å²) in [4.78, 5) is 41.6. The molecule has 226 valence electrons. The summed E-state index contributed by atoms with van der Waals surface area (Å²) in [5, 5.41) is 0.267. The molecular weight excluding hydrogens is 592 g/mol. The first kappa shape index (κ1) is 29.2. The van der Waals surface area contributed by atoms with Crippen molar-refractivity contribution in [3.8, 4) is 22.6 Å². The number of aromatic nitrogens is 2. The summed E-state index contributed by atoms with van der Waals surface area (Å²) in [5.74, 6) is -2.53. The second-order valence-corrected chi connectivity index (χ2v) is 13.2. The Hall–Kier alpha value is -4.84. The molecule has 1 aliphatic heterocycles. The zero-order chi connectivity index (χ0) is 31.4. The van der Waals surface area contributed by atoms with Crippen LogP contribution in [0.4, 0.5) is 8.78 Å². The van der Waals surface area contributed by atoms with E-state index in [4.69, 9.17) is 4.74 Å². The number of nitrogens with one attached hydrogen (secondary N) is 1. The SMILES string of the molecule is CC1=CC=CCC1(C)S(=O)(=O)n1ccc2c(-c3cc(CN4C(=O)CCC4=O)ccc3Oc3ccc(F)cc3F)c[nH]c(=O)c21. The van der Waals surface area contributed by atoms with Crippen LogP contribution >= 0.6 is 0 Å². The lowest BCUT2D eigenvalue weighted by Crippen LogP contribution is -2.41. The molecule has 1 N–H and O–H groups in total. The number of rotatable bonds is 7. The Kier molecular flexibility index (Phi) is 7.11. The fraction of sp³-hybridized carbons (Fsp3) is 0.219. The van der Waals surface area contributed by atoms with Crippen molar-refractivity contribution in [1.82, 2.24) is 13.9 Å². The van der Waals surface area contributed by atoms with Gasteiger partial charge in [0, 0.05) is 47.8 Å². The molecule has 2 aliphatic rings. The van der Waals surface area contributed by atoms with Gasteiger partial charge in [-0.2, -0.15) is 0 Å². The molecule has 1 saturated heterocycles. The maximum Gasteiger partial charge on any atom is 0.273 e. The summed E-state index contributed by atoms with van der Waals surface area (Å²) < 4.78 is 61.8. The minimum atomic E-state index is -4.14. The molecule has 9 nitrogen and oxygen atoms in total. The number of fused-ring (bicyclic) bond motifs is 1. The molecule has 0 bridgehead atoms. The molecule has 1 fully saturated rings. The molecule has 2 amide bonds. The molecule has 0 radical (unpaired) electrons. The monoisotopic (exact) mass is 619 g/mol. The van der Waals surface area contributed by atoms with E-state index in [1.807, 2.05) is 0 Å². The average molecular weight is 620 g/mol. The topological polar surface area (TPSA) is 119 Å². The third-order valence-corrected chi connectivity index (χ3v) is 10.8. The molecule has 0 spiro atoms. The van der Waals surface area contributed by atoms with Crippen LogP contribution in [0.5, 0.6) is 11.5 Å². The molecule has 3 heterocycles. The Morgan fingerprint density at radius 1 is 0.977 bits per heavy atom. The number of nitrogens with zero attached hydrogens (tertiary/aromatic N) is 2. The van der Waals surface area contributed by atoms with Gasteiger partial charge in [0.25, 0.3) is 5.56 Å². The Morgan fingerprint density at radius 2 is 1.70 bits per heavy atom. The van der Waals surface area contributed by atoms with E-state index in [-0.39, 0.29) is 60.0 Å². The third kappa shape index (κ3) is 4.75. The highest BCUT2D eigenvalue weighted by molar-refractivity contribution is 7.91. The van der Waals surface area contributed by atoms with Crippen LogP contribution in [0.1, 0.15) is 38.7 Å². The third-order valence-electron chi connectivity index (χ3n) is 8.30. The van der Waals surface area contributed by atoms with E-state index in [2.05, 4.69) is 4.98 Å². The van der Waals surface area contributed by atoms with Crippen LogP contribution in [0, 0.1) is 11.6 Å². The predicted molar refractivity (Wildman–Crippen MR) is 159 cm³/mol. The number of halogens is 2. The first-order valence-corrected chi connectivity index (χ1v) is 15.3. The van der Waals surface area contributed by atoms with Gasteiger partial charge < -0.3 is 9.72 Å². The van der Waals surface area contributed by atoms with Gasteiger partial charge in [0.1, 0.15) is 21.8 Å². The molecule has 1 atom stereocenters. The zero-order valence-corrected chi connectivity index (χ0v) is 24.6. The number of amides is 2. The Morgan fingerprint density at radius 3 is 2.41 bits per heavy atom. The molecular formula is C32H27F2N3O6S. The molecule has 4 aromatic rings. The normalized spacial score (nSPS) is 18.7. The second kappa shape index (κ2) is 10.7. The van der Waals surface area contributed by atoms with Crippen molar-refractivity contribution in [2.24, 2.45) is 0 Å². The van der Waals surface area contributed by atoms with Crippen molar-refractivity contribution >= 4 is 32.7 Å². The van der Waals surface area contributed by atoms with Crippen LogP contribution in [0.3, 0.4) is 0 Å². The molecule has 0 saturated carbocycles. The van der Waals surface area contributed by atoms with Gasteiger partial charge in [0.2, 0.25) is 21.8 Å². The molecule has 12 heteroatoms. The number of likely N-dealkylation sites (tertiary alicyclic amines) is 1. The largest absolute Gasteiger partial charge is 0.454 e. The molecule has 1 unspecified atom stereocenters. The quantitative estimate of drug-likeness (QED) is 0.271. The van der Waals surface area contributed by atoms with E-state index >= 15 is 0 Å². The van der Waals surface area contributed by atoms with Crippen molar-refractivity contribution in [2.45, 2.75) is 44.4 Å². The summed E-state index contributed by atoms with van der Waals surface area (Å²) in [6, 6.07) is 9.07. The van der Waals surface area contributed by atoms with Crippen molar-refractivity contribution in [1.29, 1.82) is 0 Å². The molecule has 1 aliphatic carbocycles. The number of hydrogen-bond donors (Lipinski definition) is 1. The standard InChI is InChI=1S/C32H27F2N3O6S/c1-19-5-3-4-13-32(19,2)44(41,42)37-14-12-22-24(17-35-31(40)30(22)37)23-15-20(18-36-28(38)10-11-29(36)39)6-8-26(23)43-27-9-7-21(33)16-25(27)34/h3-9,12,14-17H,10-11,13,18H2,1-2H3,(H,35,40). The van der Waals surface area contributed by atoms with E-state index in [1.54, 1.807) is 44.2 Å². The molecule has 2 aromatic carbocycles. The number of imide groups is 1. The average Bonchev–Trinajstić information content (AvgIpc) is 3.58. The van der Waals surface area contributed by atoms with Gasteiger partial charge >= 0.3 is 0 Å². The van der Waals surface area contributed by atoms with Crippen molar-refractivity contribution in [3.63, 3.8) is 0 Å². The van der Waals surface area contributed by atoms with Crippen LogP contribution in [0.2, 0.25) is 0 Å². The lowest BCUT2D eigenvalue weighted by Gasteiger charge is -2.31. The van der Waals surface area contributed by atoms with Crippen LogP contribution in [0.15, 0.2) is 83.5 Å². The summed E-state index contributed by atoms with van der Waals surface area (Å²) >= 11 is 0. The molecule has 6 rings (SSSR count). The van der Waals surface area contributed by atoms with Crippen LogP contribution in [0.25, 0.3) is 22.0 Å². The Labute approximate surface area is 251 Å². The summed E-state index contributed by atoms with van der Waals surface area (Å²) in [5.41, 5.74) is 1.03. The van der Waals surface area contributed by atoms with Crippen LogP contribution in [-0.2, 0) is 26.2 Å².